The summed E-state index contributed by atoms with van der Waals surface area (Å²) in [5.74, 6) is -0.538. The third-order valence-electron chi connectivity index (χ3n) is 6.22. The van der Waals surface area contributed by atoms with Crippen molar-refractivity contribution in [2.24, 2.45) is 0 Å². The van der Waals surface area contributed by atoms with E-state index in [1.807, 2.05) is 18.2 Å². The zero-order valence-electron chi connectivity index (χ0n) is 21.6. The standard InChI is InChI=1S/C29H27Cl2FN4O4/c1-40-29-19(17-39)6-8-24(35-29)25-23(9-7-21(26(25)31)20-4-2-3-5-22(20)30)34-28-27(32)18(10-11-33-28)16-36(12-14-37)13-15-38/h2-11,17,37-38H,12-16H2,1H3,(H,33,34). The number of carbonyl (C=O) groups excluding carboxylic acids is 1. The fourth-order valence-electron chi connectivity index (χ4n) is 4.28. The molecule has 0 bridgehead atoms. The summed E-state index contributed by atoms with van der Waals surface area (Å²) in [7, 11) is 1.40. The van der Waals surface area contributed by atoms with Crippen LogP contribution in [0.2, 0.25) is 10.0 Å². The molecule has 4 rings (SSSR count). The van der Waals surface area contributed by atoms with Crippen molar-refractivity contribution in [1.29, 1.82) is 0 Å². The number of pyridine rings is 2. The molecule has 0 aliphatic carbocycles. The van der Waals surface area contributed by atoms with Crippen LogP contribution < -0.4 is 10.1 Å². The number of aldehydes is 1. The van der Waals surface area contributed by atoms with Gasteiger partial charge in [0.05, 0.1) is 42.3 Å². The van der Waals surface area contributed by atoms with E-state index in [1.54, 1.807) is 41.3 Å². The van der Waals surface area contributed by atoms with Gasteiger partial charge in [0.15, 0.2) is 17.9 Å². The van der Waals surface area contributed by atoms with Crippen LogP contribution in [-0.4, -0.2) is 64.8 Å². The highest BCUT2D eigenvalue weighted by molar-refractivity contribution is 6.38. The Morgan fingerprint density at radius 2 is 1.77 bits per heavy atom. The monoisotopic (exact) mass is 584 g/mol. The Morgan fingerprint density at radius 1 is 1.02 bits per heavy atom. The largest absolute Gasteiger partial charge is 0.480 e. The summed E-state index contributed by atoms with van der Waals surface area (Å²) in [6.07, 6.45) is 2.11. The zero-order chi connectivity index (χ0) is 28.6. The number of aliphatic hydroxyl groups is 2. The Labute approximate surface area is 241 Å². The number of anilines is 2. The SMILES string of the molecule is COc1nc(-c2c(Nc3nccc(CN(CCO)CCO)c3F)ccc(-c3ccccc3Cl)c2Cl)ccc1C=O. The van der Waals surface area contributed by atoms with Crippen LogP contribution in [0.25, 0.3) is 22.4 Å². The van der Waals surface area contributed by atoms with E-state index in [4.69, 9.17) is 27.9 Å². The van der Waals surface area contributed by atoms with Crippen LogP contribution in [0.15, 0.2) is 60.8 Å². The van der Waals surface area contributed by atoms with Gasteiger partial charge in [-0.1, -0.05) is 47.5 Å². The first-order valence-electron chi connectivity index (χ1n) is 12.3. The van der Waals surface area contributed by atoms with Gasteiger partial charge in [0.2, 0.25) is 5.88 Å². The molecule has 0 unspecified atom stereocenters. The Bertz CT molecular complexity index is 1500. The van der Waals surface area contributed by atoms with Crippen molar-refractivity contribution in [2.75, 3.05) is 38.7 Å². The average molecular weight is 585 g/mol. The van der Waals surface area contributed by atoms with E-state index in [1.165, 1.54) is 13.3 Å². The molecule has 2 aromatic heterocycles. The van der Waals surface area contributed by atoms with Crippen LogP contribution in [0.3, 0.4) is 0 Å². The molecule has 0 fully saturated rings. The van der Waals surface area contributed by atoms with Gasteiger partial charge in [0.25, 0.3) is 0 Å². The van der Waals surface area contributed by atoms with Crippen LogP contribution in [0.4, 0.5) is 15.9 Å². The third-order valence-corrected chi connectivity index (χ3v) is 6.94. The van der Waals surface area contributed by atoms with Crippen molar-refractivity contribution in [3.05, 3.63) is 87.8 Å². The molecular weight excluding hydrogens is 558 g/mol. The number of nitrogens with zero attached hydrogens (tertiary/aromatic N) is 3. The van der Waals surface area contributed by atoms with Gasteiger partial charge in [-0.25, -0.2) is 14.4 Å². The molecule has 0 amide bonds. The van der Waals surface area contributed by atoms with Crippen molar-refractivity contribution in [1.82, 2.24) is 14.9 Å². The number of ether oxygens (including phenoxy) is 1. The summed E-state index contributed by atoms with van der Waals surface area (Å²) in [6.45, 7) is 0.458. The molecule has 0 radical (unpaired) electrons. The Morgan fingerprint density at radius 3 is 2.45 bits per heavy atom. The molecule has 0 spiro atoms. The summed E-state index contributed by atoms with van der Waals surface area (Å²) in [5.41, 5.74) is 3.10. The molecule has 208 valence electrons. The second kappa shape index (κ2) is 13.6. The van der Waals surface area contributed by atoms with E-state index in [2.05, 4.69) is 15.3 Å². The van der Waals surface area contributed by atoms with Gasteiger partial charge in [-0.2, -0.15) is 0 Å². The molecule has 4 aromatic rings. The number of aromatic nitrogens is 2. The van der Waals surface area contributed by atoms with Gasteiger partial charge in [-0.15, -0.1) is 0 Å². The van der Waals surface area contributed by atoms with Crippen molar-refractivity contribution < 1.29 is 24.1 Å². The average Bonchev–Trinajstić information content (AvgIpc) is 2.96. The number of halogens is 3. The smallest absolute Gasteiger partial charge is 0.224 e. The molecule has 0 saturated heterocycles. The molecule has 0 atom stereocenters. The normalized spacial score (nSPS) is 11.1. The number of nitrogens with one attached hydrogen (secondary N) is 1. The molecule has 2 heterocycles. The quantitative estimate of drug-likeness (QED) is 0.184. The van der Waals surface area contributed by atoms with E-state index in [0.29, 0.717) is 50.0 Å². The second-order valence-electron chi connectivity index (χ2n) is 8.72. The lowest BCUT2D eigenvalue weighted by Crippen LogP contribution is -2.29. The van der Waals surface area contributed by atoms with Gasteiger partial charge in [0, 0.05) is 53.1 Å². The van der Waals surface area contributed by atoms with Gasteiger partial charge >= 0.3 is 0 Å². The molecule has 2 aromatic carbocycles. The Balaban J connectivity index is 1.83. The van der Waals surface area contributed by atoms with E-state index >= 15 is 4.39 Å². The lowest BCUT2D eigenvalue weighted by molar-refractivity contribution is 0.112. The van der Waals surface area contributed by atoms with Crippen LogP contribution in [0.1, 0.15) is 15.9 Å². The maximum Gasteiger partial charge on any atom is 0.224 e. The number of rotatable bonds is 12. The minimum absolute atomic E-state index is 0.0512. The summed E-state index contributed by atoms with van der Waals surface area (Å²) in [6, 6.07) is 15.4. The zero-order valence-corrected chi connectivity index (χ0v) is 23.1. The number of benzene rings is 2. The molecular formula is C29H27Cl2FN4O4. The van der Waals surface area contributed by atoms with Crippen molar-refractivity contribution in [3.63, 3.8) is 0 Å². The fourth-order valence-corrected chi connectivity index (χ4v) is 4.88. The number of carbonyl (C=O) groups is 1. The molecule has 11 heteroatoms. The maximum atomic E-state index is 15.6. The van der Waals surface area contributed by atoms with E-state index < -0.39 is 5.82 Å². The predicted molar refractivity (Wildman–Crippen MR) is 154 cm³/mol. The summed E-state index contributed by atoms with van der Waals surface area (Å²) in [5, 5.41) is 22.5. The van der Waals surface area contributed by atoms with Crippen molar-refractivity contribution >= 4 is 41.0 Å². The van der Waals surface area contributed by atoms with Crippen LogP contribution in [0, 0.1) is 5.82 Å². The number of aliphatic hydroxyl groups excluding tert-OH is 2. The Hall–Kier alpha value is -3.60. The minimum atomic E-state index is -0.595. The van der Waals surface area contributed by atoms with E-state index in [9.17, 15) is 15.0 Å². The van der Waals surface area contributed by atoms with Gasteiger partial charge in [-0.3, -0.25) is 9.69 Å². The van der Waals surface area contributed by atoms with Crippen LogP contribution in [0.5, 0.6) is 5.88 Å². The highest BCUT2D eigenvalue weighted by Gasteiger charge is 2.21. The summed E-state index contributed by atoms with van der Waals surface area (Å²) >= 11 is 13.4. The van der Waals surface area contributed by atoms with E-state index in [0.717, 1.165) is 0 Å². The predicted octanol–water partition coefficient (Wildman–Crippen LogP) is 5.61. The molecule has 40 heavy (non-hydrogen) atoms. The van der Waals surface area contributed by atoms with Crippen molar-refractivity contribution in [3.8, 4) is 28.3 Å². The van der Waals surface area contributed by atoms with Gasteiger partial charge in [0.1, 0.15) is 0 Å². The molecule has 0 aliphatic rings. The lowest BCUT2D eigenvalue weighted by atomic mass is 9.99. The lowest BCUT2D eigenvalue weighted by Gasteiger charge is -2.21. The molecule has 3 N–H and O–H groups in total. The molecule has 0 saturated carbocycles. The molecule has 8 nitrogen and oxygen atoms in total. The van der Waals surface area contributed by atoms with Crippen LogP contribution >= 0.6 is 23.2 Å². The first kappa shape index (κ1) is 29.4. The highest BCUT2D eigenvalue weighted by atomic mass is 35.5. The fraction of sp³-hybridized carbons (Fsp3) is 0.207. The van der Waals surface area contributed by atoms with Gasteiger partial charge in [-0.05, 0) is 30.3 Å². The maximum absolute atomic E-state index is 15.6. The van der Waals surface area contributed by atoms with Crippen LogP contribution in [-0.2, 0) is 6.54 Å². The minimum Gasteiger partial charge on any atom is -0.480 e. The second-order valence-corrected chi connectivity index (χ2v) is 9.51. The summed E-state index contributed by atoms with van der Waals surface area (Å²) in [4.78, 5) is 21.9. The summed E-state index contributed by atoms with van der Waals surface area (Å²) < 4.78 is 20.9. The topological polar surface area (TPSA) is 108 Å². The number of methoxy groups -OCH3 is 1. The van der Waals surface area contributed by atoms with E-state index in [-0.39, 0.29) is 50.1 Å². The number of hydrogen-bond donors (Lipinski definition) is 3. The van der Waals surface area contributed by atoms with Gasteiger partial charge < -0.3 is 20.3 Å². The highest BCUT2D eigenvalue weighted by Crippen LogP contribution is 2.44. The Kier molecular flexibility index (Phi) is 10.0. The first-order valence-corrected chi connectivity index (χ1v) is 13.1. The van der Waals surface area contributed by atoms with Crippen molar-refractivity contribution in [2.45, 2.75) is 6.54 Å². The third kappa shape index (κ3) is 6.41. The number of hydrogen-bond acceptors (Lipinski definition) is 8. The molecule has 0 aliphatic heterocycles. The first-order chi connectivity index (χ1) is 19.4.